The molecular formula is C18H23ClN2O3. The normalized spacial score (nSPS) is 25.2. The number of likely N-dealkylation sites (tertiary alicyclic amines) is 1. The number of β-amino-alcohol motifs (C(OH)–C–C–N with tert-alkyl or cyclic N) is 1. The molecule has 24 heavy (non-hydrogen) atoms. The van der Waals surface area contributed by atoms with E-state index in [2.05, 4.69) is 5.32 Å². The predicted molar refractivity (Wildman–Crippen MR) is 91.8 cm³/mol. The van der Waals surface area contributed by atoms with Gasteiger partial charge in [-0.05, 0) is 43.4 Å². The maximum Gasteiger partial charge on any atom is 0.253 e. The van der Waals surface area contributed by atoms with Crippen molar-refractivity contribution < 1.29 is 14.7 Å². The topological polar surface area (TPSA) is 69.6 Å². The molecule has 2 fully saturated rings. The standard InChI is InChI=1S/C18H23ClN2O3/c1-13(22)21-10-2-7-18(24,12-21)16(23)20-11-17(8-9-17)14-3-5-15(19)6-4-14/h3-6,24H,2,7-12H2,1H3,(H,20,23)/t18-/m0/s1. The lowest BCUT2D eigenvalue weighted by Crippen LogP contribution is -2.58. The highest BCUT2D eigenvalue weighted by atomic mass is 35.5. The number of nitrogens with one attached hydrogen (secondary N) is 1. The van der Waals surface area contributed by atoms with Gasteiger partial charge in [0.15, 0.2) is 5.60 Å². The molecule has 0 aromatic heterocycles. The second kappa shape index (κ2) is 6.37. The molecule has 1 heterocycles. The molecule has 1 saturated heterocycles. The molecule has 0 radical (unpaired) electrons. The third-order valence-corrected chi connectivity index (χ3v) is 5.49. The third-order valence-electron chi connectivity index (χ3n) is 5.24. The number of benzene rings is 1. The second-order valence-electron chi connectivity index (χ2n) is 7.05. The van der Waals surface area contributed by atoms with Crippen molar-refractivity contribution in [2.45, 2.75) is 43.6 Å². The molecule has 3 rings (SSSR count). The summed E-state index contributed by atoms with van der Waals surface area (Å²) in [4.78, 5) is 25.6. The molecule has 5 nitrogen and oxygen atoms in total. The smallest absolute Gasteiger partial charge is 0.253 e. The number of aliphatic hydroxyl groups is 1. The van der Waals surface area contributed by atoms with E-state index in [0.717, 1.165) is 18.4 Å². The average Bonchev–Trinajstić information content (AvgIpc) is 3.34. The third kappa shape index (κ3) is 3.42. The van der Waals surface area contributed by atoms with E-state index in [9.17, 15) is 14.7 Å². The van der Waals surface area contributed by atoms with E-state index >= 15 is 0 Å². The average molecular weight is 351 g/mol. The van der Waals surface area contributed by atoms with E-state index in [1.165, 1.54) is 11.8 Å². The Labute approximate surface area is 147 Å². The first-order valence-electron chi connectivity index (χ1n) is 8.37. The first-order chi connectivity index (χ1) is 11.3. The second-order valence-corrected chi connectivity index (χ2v) is 7.48. The van der Waals surface area contributed by atoms with Gasteiger partial charge in [0.1, 0.15) is 0 Å². The van der Waals surface area contributed by atoms with Gasteiger partial charge in [-0.3, -0.25) is 9.59 Å². The van der Waals surface area contributed by atoms with E-state index in [-0.39, 0.29) is 23.8 Å². The quantitative estimate of drug-likeness (QED) is 0.870. The zero-order valence-electron chi connectivity index (χ0n) is 13.8. The molecule has 1 aromatic rings. The SMILES string of the molecule is CC(=O)N1CCC[C@@](O)(C(=O)NCC2(c3ccc(Cl)cc3)CC2)C1. The van der Waals surface area contributed by atoms with Crippen LogP contribution in [0.15, 0.2) is 24.3 Å². The van der Waals surface area contributed by atoms with E-state index in [4.69, 9.17) is 11.6 Å². The maximum absolute atomic E-state index is 12.5. The van der Waals surface area contributed by atoms with Crippen LogP contribution in [0.25, 0.3) is 0 Å². The van der Waals surface area contributed by atoms with Gasteiger partial charge in [0.25, 0.3) is 5.91 Å². The molecule has 2 N–H and O–H groups in total. The fourth-order valence-electron chi connectivity index (χ4n) is 3.43. The molecule has 6 heteroatoms. The van der Waals surface area contributed by atoms with Crippen LogP contribution >= 0.6 is 11.6 Å². The minimum atomic E-state index is -1.49. The van der Waals surface area contributed by atoms with Crippen LogP contribution in [0.5, 0.6) is 0 Å². The minimum Gasteiger partial charge on any atom is -0.378 e. The molecule has 2 aliphatic rings. The highest BCUT2D eigenvalue weighted by molar-refractivity contribution is 6.30. The fourth-order valence-corrected chi connectivity index (χ4v) is 3.55. The van der Waals surface area contributed by atoms with Crippen molar-refractivity contribution in [1.29, 1.82) is 0 Å². The largest absolute Gasteiger partial charge is 0.378 e. The van der Waals surface area contributed by atoms with Crippen molar-refractivity contribution in [3.8, 4) is 0 Å². The number of carbonyl (C=O) groups is 2. The molecule has 130 valence electrons. The van der Waals surface area contributed by atoms with Crippen LogP contribution in [0.2, 0.25) is 5.02 Å². The number of hydrogen-bond donors (Lipinski definition) is 2. The van der Waals surface area contributed by atoms with Gasteiger partial charge in [-0.25, -0.2) is 0 Å². The van der Waals surface area contributed by atoms with E-state index in [1.807, 2.05) is 24.3 Å². The molecule has 1 atom stereocenters. The zero-order chi connectivity index (χ0) is 17.4. The Morgan fingerprint density at radius 3 is 2.50 bits per heavy atom. The summed E-state index contributed by atoms with van der Waals surface area (Å²) < 4.78 is 0. The molecule has 2 amide bonds. The van der Waals surface area contributed by atoms with Gasteiger partial charge >= 0.3 is 0 Å². The van der Waals surface area contributed by atoms with Crippen molar-refractivity contribution in [1.82, 2.24) is 10.2 Å². The summed E-state index contributed by atoms with van der Waals surface area (Å²) in [6, 6.07) is 7.71. The molecule has 0 bridgehead atoms. The minimum absolute atomic E-state index is 0.0501. The predicted octanol–water partition coefficient (Wildman–Crippen LogP) is 1.86. The van der Waals surface area contributed by atoms with Crippen molar-refractivity contribution in [2.75, 3.05) is 19.6 Å². The molecule has 1 aliphatic heterocycles. The van der Waals surface area contributed by atoms with Gasteiger partial charge in [0.2, 0.25) is 5.91 Å². The number of piperidine rings is 1. The van der Waals surface area contributed by atoms with Crippen LogP contribution in [-0.4, -0.2) is 47.1 Å². The highest BCUT2D eigenvalue weighted by Gasteiger charge is 2.46. The van der Waals surface area contributed by atoms with Gasteiger partial charge in [0.05, 0.1) is 6.54 Å². The Morgan fingerprint density at radius 1 is 1.25 bits per heavy atom. The van der Waals surface area contributed by atoms with Crippen LogP contribution < -0.4 is 5.32 Å². The van der Waals surface area contributed by atoms with Gasteiger partial charge in [0, 0.05) is 30.5 Å². The number of amides is 2. The maximum atomic E-state index is 12.5. The number of rotatable bonds is 4. The summed E-state index contributed by atoms with van der Waals surface area (Å²) in [5.41, 5.74) is -0.376. The molecule has 1 aromatic carbocycles. The monoisotopic (exact) mass is 350 g/mol. The summed E-state index contributed by atoms with van der Waals surface area (Å²) in [6.45, 7) is 2.63. The van der Waals surface area contributed by atoms with Crippen LogP contribution in [0.1, 0.15) is 38.2 Å². The molecule has 0 unspecified atom stereocenters. The Morgan fingerprint density at radius 2 is 1.92 bits per heavy atom. The summed E-state index contributed by atoms with van der Waals surface area (Å²) in [5.74, 6) is -0.491. The summed E-state index contributed by atoms with van der Waals surface area (Å²) in [7, 11) is 0. The lowest BCUT2D eigenvalue weighted by atomic mass is 9.90. The Bertz CT molecular complexity index is 642. The van der Waals surface area contributed by atoms with Crippen molar-refractivity contribution in [3.05, 3.63) is 34.9 Å². The van der Waals surface area contributed by atoms with E-state index < -0.39 is 5.60 Å². The highest BCUT2D eigenvalue weighted by Crippen LogP contribution is 2.47. The summed E-state index contributed by atoms with van der Waals surface area (Å²) in [5, 5.41) is 14.3. The lowest BCUT2D eigenvalue weighted by molar-refractivity contribution is -0.150. The van der Waals surface area contributed by atoms with Gasteiger partial charge in [-0.2, -0.15) is 0 Å². The Balaban J connectivity index is 1.63. The number of carbonyl (C=O) groups excluding carboxylic acids is 2. The van der Waals surface area contributed by atoms with Crippen molar-refractivity contribution in [3.63, 3.8) is 0 Å². The van der Waals surface area contributed by atoms with Crippen molar-refractivity contribution in [2.24, 2.45) is 0 Å². The fraction of sp³-hybridized carbons (Fsp3) is 0.556. The van der Waals surface area contributed by atoms with Gasteiger partial charge < -0.3 is 15.3 Å². The van der Waals surface area contributed by atoms with Crippen LogP contribution in [0.3, 0.4) is 0 Å². The molecule has 1 saturated carbocycles. The van der Waals surface area contributed by atoms with E-state index in [1.54, 1.807) is 0 Å². The first kappa shape index (κ1) is 17.2. The van der Waals surface area contributed by atoms with Gasteiger partial charge in [-0.15, -0.1) is 0 Å². The molecule has 0 spiro atoms. The summed E-state index contributed by atoms with van der Waals surface area (Å²) in [6.07, 6.45) is 3.03. The molecule has 1 aliphatic carbocycles. The number of halogens is 1. The lowest BCUT2D eigenvalue weighted by Gasteiger charge is -2.37. The molecular weight excluding hydrogens is 328 g/mol. The number of hydrogen-bond acceptors (Lipinski definition) is 3. The first-order valence-corrected chi connectivity index (χ1v) is 8.75. The van der Waals surface area contributed by atoms with Gasteiger partial charge in [-0.1, -0.05) is 23.7 Å². The van der Waals surface area contributed by atoms with Crippen LogP contribution in [0, 0.1) is 0 Å². The number of nitrogens with zero attached hydrogens (tertiary/aromatic N) is 1. The zero-order valence-corrected chi connectivity index (χ0v) is 14.6. The van der Waals surface area contributed by atoms with Crippen LogP contribution in [-0.2, 0) is 15.0 Å². The Kier molecular flexibility index (Phi) is 4.58. The van der Waals surface area contributed by atoms with Crippen LogP contribution in [0.4, 0.5) is 0 Å². The Hall–Kier alpha value is -1.59. The van der Waals surface area contributed by atoms with E-state index in [0.29, 0.717) is 31.0 Å². The summed E-state index contributed by atoms with van der Waals surface area (Å²) >= 11 is 5.93. The van der Waals surface area contributed by atoms with Crippen molar-refractivity contribution >= 4 is 23.4 Å².